The van der Waals surface area contributed by atoms with E-state index in [0.717, 1.165) is 30.2 Å². The van der Waals surface area contributed by atoms with Crippen LogP contribution in [0.25, 0.3) is 5.52 Å². The number of anilines is 1. The zero-order valence-electron chi connectivity index (χ0n) is 14.9. The summed E-state index contributed by atoms with van der Waals surface area (Å²) in [6, 6.07) is 2.70. The number of nitrogens with zero attached hydrogens (tertiary/aromatic N) is 3. The van der Waals surface area contributed by atoms with E-state index in [0.29, 0.717) is 23.9 Å². The number of alkyl halides is 2. The maximum Gasteiger partial charge on any atom is 0.311 e. The van der Waals surface area contributed by atoms with E-state index in [1.165, 1.54) is 6.07 Å². The summed E-state index contributed by atoms with van der Waals surface area (Å²) in [7, 11) is 0. The molecule has 2 aromatic rings. The highest BCUT2D eigenvalue weighted by molar-refractivity contribution is 6.28. The van der Waals surface area contributed by atoms with Crippen LogP contribution in [0.15, 0.2) is 12.1 Å². The molecule has 1 N–H and O–H groups in total. The van der Waals surface area contributed by atoms with Crippen LogP contribution in [0, 0.1) is 17.8 Å². The predicted molar refractivity (Wildman–Crippen MR) is 95.9 cm³/mol. The molecular formula is C18H21ClF2N4O2. The molecule has 2 bridgehead atoms. The fraction of sp³-hybridized carbons (Fsp3) is 0.611. The number of aromatic nitrogens is 3. The third-order valence-corrected chi connectivity index (χ3v) is 5.98. The van der Waals surface area contributed by atoms with Crippen LogP contribution in [0.1, 0.15) is 44.7 Å². The van der Waals surface area contributed by atoms with Gasteiger partial charge in [-0.1, -0.05) is 0 Å². The van der Waals surface area contributed by atoms with Gasteiger partial charge in [-0.15, -0.1) is 5.10 Å². The highest BCUT2D eigenvalue weighted by Crippen LogP contribution is 2.47. The Kier molecular flexibility index (Phi) is 4.92. The molecule has 0 amide bonds. The van der Waals surface area contributed by atoms with Gasteiger partial charge in [-0.3, -0.25) is 4.79 Å². The van der Waals surface area contributed by atoms with Crippen LogP contribution in [0.2, 0.25) is 5.28 Å². The summed E-state index contributed by atoms with van der Waals surface area (Å²) >= 11 is 5.98. The van der Waals surface area contributed by atoms with Crippen molar-refractivity contribution in [2.24, 2.45) is 17.8 Å². The van der Waals surface area contributed by atoms with E-state index < -0.39 is 6.43 Å². The molecule has 2 atom stereocenters. The van der Waals surface area contributed by atoms with Crippen LogP contribution in [-0.4, -0.2) is 33.2 Å². The van der Waals surface area contributed by atoms with Crippen LogP contribution >= 0.6 is 11.6 Å². The van der Waals surface area contributed by atoms with Crippen LogP contribution < -0.4 is 5.32 Å². The molecule has 9 heteroatoms. The summed E-state index contributed by atoms with van der Waals surface area (Å²) in [5.74, 6) is 0.472. The van der Waals surface area contributed by atoms with Gasteiger partial charge in [-0.2, -0.15) is 4.98 Å². The van der Waals surface area contributed by atoms with Crippen molar-refractivity contribution in [2.75, 3.05) is 11.9 Å². The van der Waals surface area contributed by atoms with E-state index in [9.17, 15) is 13.6 Å². The lowest BCUT2D eigenvalue weighted by molar-refractivity contribution is -0.154. The number of hydrogen-bond donors (Lipinski definition) is 1. The molecule has 3 fully saturated rings. The smallest absolute Gasteiger partial charge is 0.311 e. The second kappa shape index (κ2) is 7.22. The monoisotopic (exact) mass is 398 g/mol. The number of fused-ring (bicyclic) bond motifs is 4. The SMILES string of the molecule is CCOC(=O)[C@H]1[C@H]2CC[C@H](CC2)[C@@H]1Nc1nc(Cl)nn2c(C(F)F)ccc12. The van der Waals surface area contributed by atoms with Crippen molar-refractivity contribution in [1.29, 1.82) is 0 Å². The molecule has 0 aromatic carbocycles. The third-order valence-electron chi connectivity index (χ3n) is 5.82. The predicted octanol–water partition coefficient (Wildman–Crippen LogP) is 4.10. The Labute approximate surface area is 160 Å². The maximum atomic E-state index is 13.2. The lowest BCUT2D eigenvalue weighted by atomic mass is 9.61. The van der Waals surface area contributed by atoms with Gasteiger partial charge in [0, 0.05) is 6.04 Å². The van der Waals surface area contributed by atoms with Gasteiger partial charge in [-0.25, -0.2) is 13.3 Å². The Hall–Kier alpha value is -1.96. The maximum absolute atomic E-state index is 13.2. The topological polar surface area (TPSA) is 68.5 Å². The highest BCUT2D eigenvalue weighted by atomic mass is 35.5. The van der Waals surface area contributed by atoms with E-state index in [1.807, 2.05) is 0 Å². The molecule has 2 aromatic heterocycles. The van der Waals surface area contributed by atoms with E-state index in [2.05, 4.69) is 15.4 Å². The summed E-state index contributed by atoms with van der Waals surface area (Å²) in [6.07, 6.45) is 1.39. The normalized spacial score (nSPS) is 27.3. The molecule has 27 heavy (non-hydrogen) atoms. The first-order chi connectivity index (χ1) is 13.0. The summed E-state index contributed by atoms with van der Waals surface area (Å²) in [6.45, 7) is 2.13. The molecule has 146 valence electrons. The van der Waals surface area contributed by atoms with Crippen molar-refractivity contribution < 1.29 is 18.3 Å². The first kappa shape index (κ1) is 18.4. The fourth-order valence-electron chi connectivity index (χ4n) is 4.65. The Bertz CT molecular complexity index is 851. The quantitative estimate of drug-likeness (QED) is 0.768. The summed E-state index contributed by atoms with van der Waals surface area (Å²) in [5, 5.41) is 7.11. The summed E-state index contributed by atoms with van der Waals surface area (Å²) in [4.78, 5) is 16.8. The molecule has 0 spiro atoms. The minimum atomic E-state index is -2.68. The third kappa shape index (κ3) is 3.24. The molecule has 5 rings (SSSR count). The Morgan fingerprint density at radius 3 is 2.70 bits per heavy atom. The average Bonchev–Trinajstić information content (AvgIpc) is 3.07. The number of rotatable bonds is 5. The second-order valence-electron chi connectivity index (χ2n) is 7.21. The van der Waals surface area contributed by atoms with E-state index >= 15 is 0 Å². The molecular weight excluding hydrogens is 378 g/mol. The van der Waals surface area contributed by atoms with Gasteiger partial charge < -0.3 is 10.1 Å². The lowest BCUT2D eigenvalue weighted by Crippen LogP contribution is -2.52. The van der Waals surface area contributed by atoms with Gasteiger partial charge in [0.2, 0.25) is 5.28 Å². The number of carbonyl (C=O) groups excluding carboxylic acids is 1. The van der Waals surface area contributed by atoms with Crippen molar-refractivity contribution in [3.8, 4) is 0 Å². The lowest BCUT2D eigenvalue weighted by Gasteiger charge is -2.47. The second-order valence-corrected chi connectivity index (χ2v) is 7.55. The van der Waals surface area contributed by atoms with Crippen molar-refractivity contribution >= 4 is 28.9 Å². The van der Waals surface area contributed by atoms with Crippen LogP contribution in [0.5, 0.6) is 0 Å². The van der Waals surface area contributed by atoms with Gasteiger partial charge >= 0.3 is 5.97 Å². The van der Waals surface area contributed by atoms with Crippen molar-refractivity contribution in [3.63, 3.8) is 0 Å². The Morgan fingerprint density at radius 1 is 1.33 bits per heavy atom. The largest absolute Gasteiger partial charge is 0.466 e. The molecule has 3 aliphatic rings. The standard InChI is InChI=1S/C18H21ClF2N4O2/c1-2-27-17(26)13-9-3-5-10(6-4-9)14(13)22-16-12-8-7-11(15(20)21)25(12)24-18(19)23-16/h7-10,13-15H,2-6H2,1H3,(H,22,23,24)/t9-,10+,13-,14-/m0/s1. The fourth-order valence-corrected chi connectivity index (χ4v) is 4.81. The van der Waals surface area contributed by atoms with Gasteiger partial charge in [0.1, 0.15) is 11.2 Å². The van der Waals surface area contributed by atoms with Crippen molar-refractivity contribution in [3.05, 3.63) is 23.1 Å². The Balaban J connectivity index is 1.70. The zero-order valence-corrected chi connectivity index (χ0v) is 15.6. The zero-order chi connectivity index (χ0) is 19.1. The molecule has 0 saturated heterocycles. The van der Waals surface area contributed by atoms with Gasteiger partial charge in [0.15, 0.2) is 5.82 Å². The molecule has 3 aliphatic carbocycles. The number of nitrogens with one attached hydrogen (secondary N) is 1. The van der Waals surface area contributed by atoms with Crippen LogP contribution in [0.4, 0.5) is 14.6 Å². The first-order valence-electron chi connectivity index (χ1n) is 9.26. The molecule has 2 heterocycles. The summed E-state index contributed by atoms with van der Waals surface area (Å²) < 4.78 is 32.9. The van der Waals surface area contributed by atoms with Crippen LogP contribution in [-0.2, 0) is 9.53 Å². The highest BCUT2D eigenvalue weighted by Gasteiger charge is 2.48. The number of esters is 1. The van der Waals surface area contributed by atoms with E-state index in [1.54, 1.807) is 13.0 Å². The van der Waals surface area contributed by atoms with Gasteiger partial charge in [0.05, 0.1) is 12.5 Å². The molecule has 6 nitrogen and oxygen atoms in total. The number of halogens is 3. The van der Waals surface area contributed by atoms with Crippen LogP contribution in [0.3, 0.4) is 0 Å². The van der Waals surface area contributed by atoms with E-state index in [-0.39, 0.29) is 34.8 Å². The van der Waals surface area contributed by atoms with Gasteiger partial charge in [-0.05, 0) is 68.2 Å². The number of hydrogen-bond acceptors (Lipinski definition) is 5. The van der Waals surface area contributed by atoms with E-state index in [4.69, 9.17) is 16.3 Å². The summed E-state index contributed by atoms with van der Waals surface area (Å²) in [5.41, 5.74) is 0.170. The average molecular weight is 399 g/mol. The van der Waals surface area contributed by atoms with Crippen molar-refractivity contribution in [1.82, 2.24) is 14.6 Å². The number of carbonyl (C=O) groups is 1. The van der Waals surface area contributed by atoms with Crippen molar-refractivity contribution in [2.45, 2.75) is 45.1 Å². The first-order valence-corrected chi connectivity index (χ1v) is 9.64. The van der Waals surface area contributed by atoms with Gasteiger partial charge in [0.25, 0.3) is 6.43 Å². The number of ether oxygens (including phenoxy) is 1. The molecule has 0 unspecified atom stereocenters. The molecule has 0 radical (unpaired) electrons. The minimum Gasteiger partial charge on any atom is -0.466 e. The molecule has 0 aliphatic heterocycles. The minimum absolute atomic E-state index is 0.128. The Morgan fingerprint density at radius 2 is 2.04 bits per heavy atom. The molecule has 3 saturated carbocycles.